The summed E-state index contributed by atoms with van der Waals surface area (Å²) in [6.07, 6.45) is 1.64. The van der Waals surface area contributed by atoms with Gasteiger partial charge in [0.15, 0.2) is 6.61 Å². The first-order chi connectivity index (χ1) is 16.8. The van der Waals surface area contributed by atoms with E-state index in [0.29, 0.717) is 24.2 Å². The van der Waals surface area contributed by atoms with Crippen LogP contribution in [0.5, 0.6) is 0 Å². The number of esters is 1. The van der Waals surface area contributed by atoms with E-state index in [1.54, 1.807) is 66.7 Å². The van der Waals surface area contributed by atoms with Gasteiger partial charge in [-0.3, -0.25) is 4.79 Å². The van der Waals surface area contributed by atoms with Crippen LogP contribution in [0.15, 0.2) is 89.8 Å². The molecule has 1 heterocycles. The van der Waals surface area contributed by atoms with Crippen LogP contribution in [-0.4, -0.2) is 49.4 Å². The van der Waals surface area contributed by atoms with Crippen LogP contribution in [-0.2, 0) is 30.0 Å². The number of anilines is 1. The molecule has 8 nitrogen and oxygen atoms in total. The van der Waals surface area contributed by atoms with Crippen molar-refractivity contribution in [2.45, 2.75) is 23.3 Å². The predicted molar refractivity (Wildman–Crippen MR) is 130 cm³/mol. The molecular weight excluding hydrogens is 468 g/mol. The summed E-state index contributed by atoms with van der Waals surface area (Å²) >= 11 is 0. The van der Waals surface area contributed by atoms with Crippen molar-refractivity contribution in [3.63, 3.8) is 0 Å². The summed E-state index contributed by atoms with van der Waals surface area (Å²) in [5.74, 6) is -1.67. The predicted octanol–water partition coefficient (Wildman–Crippen LogP) is 2.89. The summed E-state index contributed by atoms with van der Waals surface area (Å²) in [5, 5.41) is 13.9. The van der Waals surface area contributed by atoms with E-state index in [-0.39, 0.29) is 10.6 Å². The van der Waals surface area contributed by atoms with Gasteiger partial charge >= 0.3 is 5.97 Å². The Bertz CT molecular complexity index is 1250. The minimum Gasteiger partial charge on any atom is -0.453 e. The fourth-order valence-electron chi connectivity index (χ4n) is 4.01. The van der Waals surface area contributed by atoms with Crippen LogP contribution in [0.4, 0.5) is 5.69 Å². The molecule has 3 aromatic rings. The number of carbonyl (C=O) groups excluding carboxylic acids is 2. The Balaban J connectivity index is 1.46. The van der Waals surface area contributed by atoms with Gasteiger partial charge in [-0.1, -0.05) is 66.7 Å². The Kier molecular flexibility index (Phi) is 7.30. The molecule has 0 unspecified atom stereocenters. The third-order valence-corrected chi connectivity index (χ3v) is 7.73. The molecule has 1 aliphatic rings. The molecule has 1 fully saturated rings. The zero-order chi connectivity index (χ0) is 24.9. The maximum absolute atomic E-state index is 13.0. The molecule has 3 aromatic carbocycles. The van der Waals surface area contributed by atoms with Crippen molar-refractivity contribution in [2.75, 3.05) is 25.0 Å². The molecule has 4 rings (SSSR count). The Morgan fingerprint density at radius 2 is 1.46 bits per heavy atom. The Morgan fingerprint density at radius 3 is 2.03 bits per heavy atom. The number of nitrogens with one attached hydrogen (secondary N) is 1. The highest BCUT2D eigenvalue weighted by atomic mass is 32.2. The minimum absolute atomic E-state index is 0.0803. The van der Waals surface area contributed by atoms with Gasteiger partial charge in [-0.15, -0.1) is 0 Å². The first-order valence-corrected chi connectivity index (χ1v) is 12.7. The van der Waals surface area contributed by atoms with Crippen LogP contribution in [0.25, 0.3) is 0 Å². The standard InChI is InChI=1S/C26H26N2O6S/c29-24(27-22-14-9-15-23(18-22)35(32,33)28-16-7-8-17-28)19-34-25(30)26(31,20-10-3-1-4-11-20)21-12-5-2-6-13-21/h1-6,9-15,18,31H,7-8,16-17,19H2,(H,27,29). The summed E-state index contributed by atoms with van der Waals surface area (Å²) in [6, 6.07) is 22.6. The molecule has 0 spiro atoms. The maximum atomic E-state index is 13.0. The lowest BCUT2D eigenvalue weighted by atomic mass is 9.86. The van der Waals surface area contributed by atoms with E-state index >= 15 is 0 Å². The molecule has 0 aromatic heterocycles. The van der Waals surface area contributed by atoms with Gasteiger partial charge in [0.25, 0.3) is 5.91 Å². The van der Waals surface area contributed by atoms with Crippen LogP contribution >= 0.6 is 0 Å². The molecule has 0 aliphatic carbocycles. The number of ether oxygens (including phenoxy) is 1. The molecule has 0 saturated carbocycles. The van der Waals surface area contributed by atoms with Gasteiger partial charge in [0, 0.05) is 18.8 Å². The topological polar surface area (TPSA) is 113 Å². The van der Waals surface area contributed by atoms with E-state index < -0.39 is 34.1 Å². The van der Waals surface area contributed by atoms with Crippen LogP contribution in [0.3, 0.4) is 0 Å². The van der Waals surface area contributed by atoms with Crippen LogP contribution in [0.1, 0.15) is 24.0 Å². The number of rotatable bonds is 8. The summed E-state index contributed by atoms with van der Waals surface area (Å²) in [6.45, 7) is 0.283. The van der Waals surface area contributed by atoms with Crippen molar-refractivity contribution in [3.8, 4) is 0 Å². The largest absolute Gasteiger partial charge is 0.453 e. The molecule has 0 atom stereocenters. The highest BCUT2D eigenvalue weighted by molar-refractivity contribution is 7.89. The second-order valence-corrected chi connectivity index (χ2v) is 10.1. The van der Waals surface area contributed by atoms with Gasteiger partial charge in [-0.05, 0) is 42.2 Å². The number of benzene rings is 3. The van der Waals surface area contributed by atoms with Gasteiger partial charge in [0.05, 0.1) is 4.90 Å². The van der Waals surface area contributed by atoms with E-state index in [1.165, 1.54) is 22.5 Å². The molecule has 0 radical (unpaired) electrons. The SMILES string of the molecule is O=C(COC(=O)C(O)(c1ccccc1)c1ccccc1)Nc1cccc(S(=O)(=O)N2CCCC2)c1. The highest BCUT2D eigenvalue weighted by Crippen LogP contribution is 2.31. The fourth-order valence-corrected chi connectivity index (χ4v) is 5.57. The second-order valence-electron chi connectivity index (χ2n) is 8.21. The average molecular weight is 495 g/mol. The zero-order valence-electron chi connectivity index (χ0n) is 19.0. The van der Waals surface area contributed by atoms with Crippen LogP contribution in [0.2, 0.25) is 0 Å². The Hall–Kier alpha value is -3.53. The number of aliphatic hydroxyl groups is 1. The number of amides is 1. The minimum atomic E-state index is -3.64. The normalized spacial score (nSPS) is 14.4. The molecule has 1 aliphatic heterocycles. The Morgan fingerprint density at radius 1 is 0.886 bits per heavy atom. The number of carbonyl (C=O) groups is 2. The summed E-state index contributed by atoms with van der Waals surface area (Å²) in [4.78, 5) is 25.6. The number of sulfonamides is 1. The molecule has 1 amide bonds. The van der Waals surface area contributed by atoms with E-state index in [0.717, 1.165) is 12.8 Å². The number of nitrogens with zero attached hydrogens (tertiary/aromatic N) is 1. The van der Waals surface area contributed by atoms with Crippen molar-refractivity contribution in [1.82, 2.24) is 4.31 Å². The van der Waals surface area contributed by atoms with Gasteiger partial charge < -0.3 is 15.2 Å². The first kappa shape index (κ1) is 24.6. The van der Waals surface area contributed by atoms with Gasteiger partial charge in [-0.2, -0.15) is 4.31 Å². The van der Waals surface area contributed by atoms with E-state index in [2.05, 4.69) is 5.32 Å². The Labute approximate surface area is 204 Å². The van der Waals surface area contributed by atoms with Crippen LogP contribution in [0, 0.1) is 0 Å². The zero-order valence-corrected chi connectivity index (χ0v) is 19.8. The van der Waals surface area contributed by atoms with Gasteiger partial charge in [0.1, 0.15) is 0 Å². The first-order valence-electron chi connectivity index (χ1n) is 11.2. The molecular formula is C26H26N2O6S. The van der Waals surface area contributed by atoms with Crippen molar-refractivity contribution < 1.29 is 27.9 Å². The monoisotopic (exact) mass is 494 g/mol. The van der Waals surface area contributed by atoms with E-state index in [1.807, 2.05) is 0 Å². The maximum Gasteiger partial charge on any atom is 0.348 e. The van der Waals surface area contributed by atoms with E-state index in [9.17, 15) is 23.1 Å². The molecule has 182 valence electrons. The lowest BCUT2D eigenvalue weighted by molar-refractivity contribution is -0.163. The number of hydrogen-bond acceptors (Lipinski definition) is 6. The lowest BCUT2D eigenvalue weighted by Crippen LogP contribution is -2.39. The highest BCUT2D eigenvalue weighted by Gasteiger charge is 2.41. The molecule has 9 heteroatoms. The summed E-state index contributed by atoms with van der Waals surface area (Å²) < 4.78 is 32.2. The summed E-state index contributed by atoms with van der Waals surface area (Å²) in [5.41, 5.74) is -1.24. The average Bonchev–Trinajstić information content (AvgIpc) is 3.44. The molecule has 0 bridgehead atoms. The molecule has 2 N–H and O–H groups in total. The van der Waals surface area contributed by atoms with Gasteiger partial charge in [0.2, 0.25) is 15.6 Å². The van der Waals surface area contributed by atoms with Crippen molar-refractivity contribution in [1.29, 1.82) is 0 Å². The lowest BCUT2D eigenvalue weighted by Gasteiger charge is -2.27. The summed E-state index contributed by atoms with van der Waals surface area (Å²) in [7, 11) is -3.64. The smallest absolute Gasteiger partial charge is 0.348 e. The van der Waals surface area contributed by atoms with Gasteiger partial charge in [-0.25, -0.2) is 13.2 Å². The quantitative estimate of drug-likeness (QED) is 0.466. The van der Waals surface area contributed by atoms with Crippen molar-refractivity contribution in [3.05, 3.63) is 96.1 Å². The molecule has 1 saturated heterocycles. The van der Waals surface area contributed by atoms with Crippen LogP contribution < -0.4 is 5.32 Å². The fraction of sp³-hybridized carbons (Fsp3) is 0.231. The van der Waals surface area contributed by atoms with Crippen molar-refractivity contribution in [2.24, 2.45) is 0 Å². The van der Waals surface area contributed by atoms with Crippen molar-refractivity contribution >= 4 is 27.6 Å². The molecule has 35 heavy (non-hydrogen) atoms. The third-order valence-electron chi connectivity index (χ3n) is 5.83. The number of hydrogen-bond donors (Lipinski definition) is 2. The van der Waals surface area contributed by atoms with E-state index in [4.69, 9.17) is 4.74 Å². The third kappa shape index (κ3) is 5.27. The second kappa shape index (κ2) is 10.4.